The van der Waals surface area contributed by atoms with E-state index in [9.17, 15) is 32.7 Å². The zero-order valence-electron chi connectivity index (χ0n) is 25.5. The molecule has 6 heterocycles. The lowest BCUT2D eigenvalue weighted by atomic mass is 9.73. The molecule has 0 bridgehead atoms. The van der Waals surface area contributed by atoms with Gasteiger partial charge in [-0.05, 0) is 49.3 Å². The van der Waals surface area contributed by atoms with Crippen molar-refractivity contribution in [1.82, 2.24) is 38.8 Å². The predicted octanol–water partition coefficient (Wildman–Crippen LogP) is 3.44. The summed E-state index contributed by atoms with van der Waals surface area (Å²) >= 11 is 5.89. The lowest BCUT2D eigenvalue weighted by molar-refractivity contribution is -0.212. The summed E-state index contributed by atoms with van der Waals surface area (Å²) in [6.07, 6.45) is 1.08. The lowest BCUT2D eigenvalue weighted by Gasteiger charge is -2.39. The molecule has 1 fully saturated rings. The van der Waals surface area contributed by atoms with Gasteiger partial charge in [0.05, 0.1) is 25.1 Å². The van der Waals surface area contributed by atoms with Gasteiger partial charge < -0.3 is 24.6 Å². The van der Waals surface area contributed by atoms with Gasteiger partial charge in [0.2, 0.25) is 11.7 Å². The Morgan fingerprint density at radius 1 is 1.25 bits per heavy atom. The number of pyridine rings is 1. The third-order valence-electron chi connectivity index (χ3n) is 9.25. The summed E-state index contributed by atoms with van der Waals surface area (Å²) in [5, 5.41) is 19.6. The number of anilines is 1. The first kappa shape index (κ1) is 31.8. The van der Waals surface area contributed by atoms with Gasteiger partial charge in [0.15, 0.2) is 16.7 Å². The van der Waals surface area contributed by atoms with E-state index in [1.54, 1.807) is 9.47 Å². The Kier molecular flexibility index (Phi) is 7.77. The fourth-order valence-electron chi connectivity index (χ4n) is 7.12. The predicted molar refractivity (Wildman–Crippen MR) is 164 cm³/mol. The van der Waals surface area contributed by atoms with Gasteiger partial charge in [-0.1, -0.05) is 24.6 Å². The van der Waals surface area contributed by atoms with Crippen LogP contribution in [0.4, 0.5) is 18.9 Å². The highest BCUT2D eigenvalue weighted by atomic mass is 35.5. The van der Waals surface area contributed by atoms with Crippen LogP contribution >= 0.6 is 11.6 Å². The van der Waals surface area contributed by atoms with E-state index in [4.69, 9.17) is 16.3 Å². The van der Waals surface area contributed by atoms with Gasteiger partial charge in [-0.15, -0.1) is 18.3 Å². The number of hydrogen-bond donors (Lipinski definition) is 2. The minimum atomic E-state index is -4.88. The van der Waals surface area contributed by atoms with Crippen molar-refractivity contribution in [1.29, 1.82) is 0 Å². The second kappa shape index (κ2) is 11.7. The van der Waals surface area contributed by atoms with Crippen LogP contribution in [0.3, 0.4) is 0 Å². The van der Waals surface area contributed by atoms with Crippen LogP contribution in [0.15, 0.2) is 35.4 Å². The van der Waals surface area contributed by atoms with E-state index < -0.39 is 35.2 Å². The van der Waals surface area contributed by atoms with Crippen molar-refractivity contribution >= 4 is 40.5 Å². The van der Waals surface area contributed by atoms with E-state index in [0.717, 1.165) is 11.8 Å². The summed E-state index contributed by atoms with van der Waals surface area (Å²) in [7, 11) is 0. The van der Waals surface area contributed by atoms with E-state index in [1.807, 2.05) is 13.0 Å². The monoisotopic (exact) mass is 687 g/mol. The molecule has 48 heavy (non-hydrogen) atoms. The maximum atomic E-state index is 14.3. The molecule has 4 aromatic rings. The first-order chi connectivity index (χ1) is 22.9. The smallest absolute Gasteiger partial charge is 0.505 e. The van der Waals surface area contributed by atoms with Crippen LogP contribution in [-0.4, -0.2) is 82.1 Å². The average Bonchev–Trinajstić information content (AvgIpc) is 3.74. The third kappa shape index (κ3) is 5.30. The number of ether oxygens (including phenoxy) is 1. The standard InChI is InChI=1S/C30H29ClF3N9O5/c1-16-13-29(6-9-40(10-7-29)27(47)22-19(44)3-2-8-35-22)21-23(16)41(15-20(45)37-18-14-36-43(24(18)31)30(32,33)34)28-38-25(39-42(28)26(21)46)17-4-11-48-12-5-17/h2-4,8,14,16,44H,5-7,9-13,15H2,1H3,(H,37,45). The number of hydrogen-bond acceptors (Lipinski definition) is 9. The molecule has 4 aromatic heterocycles. The van der Waals surface area contributed by atoms with Gasteiger partial charge in [-0.3, -0.25) is 14.4 Å². The lowest BCUT2D eigenvalue weighted by Crippen LogP contribution is -2.46. The van der Waals surface area contributed by atoms with Gasteiger partial charge in [-0.2, -0.15) is 19.3 Å². The highest BCUT2D eigenvalue weighted by Crippen LogP contribution is 2.50. The van der Waals surface area contributed by atoms with E-state index in [0.29, 0.717) is 56.0 Å². The molecule has 7 rings (SSSR count). The molecule has 1 aliphatic carbocycles. The quantitative estimate of drug-likeness (QED) is 0.320. The Morgan fingerprint density at radius 2 is 2.02 bits per heavy atom. The number of carbonyl (C=O) groups excluding carboxylic acids is 2. The summed E-state index contributed by atoms with van der Waals surface area (Å²) < 4.78 is 47.6. The summed E-state index contributed by atoms with van der Waals surface area (Å²) in [4.78, 5) is 51.3. The van der Waals surface area contributed by atoms with Crippen LogP contribution in [0.5, 0.6) is 5.75 Å². The van der Waals surface area contributed by atoms with Crippen molar-refractivity contribution in [2.75, 3.05) is 31.6 Å². The van der Waals surface area contributed by atoms with Crippen molar-refractivity contribution in [2.45, 2.75) is 56.8 Å². The van der Waals surface area contributed by atoms with Crippen molar-refractivity contribution in [3.05, 3.63) is 68.9 Å². The highest BCUT2D eigenvalue weighted by molar-refractivity contribution is 6.32. The molecule has 1 atom stereocenters. The van der Waals surface area contributed by atoms with Crippen molar-refractivity contribution in [3.8, 4) is 5.75 Å². The number of rotatable bonds is 5. The Morgan fingerprint density at radius 3 is 2.69 bits per heavy atom. The van der Waals surface area contributed by atoms with E-state index >= 15 is 0 Å². The van der Waals surface area contributed by atoms with E-state index in [1.165, 1.54) is 22.8 Å². The maximum Gasteiger partial charge on any atom is 0.505 e. The molecule has 1 spiro atoms. The molecular formula is C30H29ClF3N9O5. The number of nitrogens with one attached hydrogen (secondary N) is 1. The second-order valence-corrected chi connectivity index (χ2v) is 12.5. The molecule has 0 saturated carbocycles. The third-order valence-corrected chi connectivity index (χ3v) is 9.62. The maximum absolute atomic E-state index is 14.3. The number of piperidine rings is 1. The van der Waals surface area contributed by atoms with E-state index in [2.05, 4.69) is 25.5 Å². The van der Waals surface area contributed by atoms with Crippen LogP contribution in [-0.2, 0) is 27.8 Å². The minimum Gasteiger partial charge on any atom is -0.505 e. The van der Waals surface area contributed by atoms with Gasteiger partial charge in [0.1, 0.15) is 12.3 Å². The van der Waals surface area contributed by atoms with Crippen LogP contribution in [0.1, 0.15) is 66.1 Å². The molecule has 252 valence electrons. The number of halogens is 4. The summed E-state index contributed by atoms with van der Waals surface area (Å²) in [6.45, 7) is 2.90. The molecule has 2 amide bonds. The number of nitrogens with zero attached hydrogens (tertiary/aromatic N) is 8. The number of aromatic nitrogens is 7. The van der Waals surface area contributed by atoms with Crippen LogP contribution in [0, 0.1) is 0 Å². The number of likely N-dealkylation sites (tertiary alicyclic amines) is 1. The highest BCUT2D eigenvalue weighted by Gasteiger charge is 2.49. The second-order valence-electron chi connectivity index (χ2n) is 12.2. The summed E-state index contributed by atoms with van der Waals surface area (Å²) in [6, 6.07) is 2.92. The molecular weight excluding hydrogens is 659 g/mol. The average molecular weight is 688 g/mol. The zero-order chi connectivity index (χ0) is 34.0. The minimum absolute atomic E-state index is 0.0536. The molecule has 2 aliphatic heterocycles. The fourth-order valence-corrected chi connectivity index (χ4v) is 7.36. The Bertz CT molecular complexity index is 2050. The van der Waals surface area contributed by atoms with Crippen LogP contribution in [0.2, 0.25) is 5.15 Å². The molecule has 0 aromatic carbocycles. The van der Waals surface area contributed by atoms with Gasteiger partial charge in [0.25, 0.3) is 11.5 Å². The van der Waals surface area contributed by atoms with Crippen molar-refractivity contribution in [3.63, 3.8) is 0 Å². The molecule has 1 unspecified atom stereocenters. The van der Waals surface area contributed by atoms with Gasteiger partial charge >= 0.3 is 6.30 Å². The van der Waals surface area contributed by atoms with Crippen LogP contribution < -0.4 is 10.9 Å². The summed E-state index contributed by atoms with van der Waals surface area (Å²) in [5.74, 6) is -1.18. The SMILES string of the molecule is CC1CC2(CCN(C(=O)c3ncccc3O)CC2)c2c1n(CC(=O)Nc1cnn(C(F)(F)F)c1Cl)c1nc(C3=CCOCC3)nn1c2=O. The first-order valence-corrected chi connectivity index (χ1v) is 15.6. The first-order valence-electron chi connectivity index (χ1n) is 15.2. The van der Waals surface area contributed by atoms with Crippen molar-refractivity contribution in [2.24, 2.45) is 0 Å². The Balaban J connectivity index is 1.27. The number of amides is 2. The number of fused-ring (bicyclic) bond motifs is 3. The van der Waals surface area contributed by atoms with Crippen molar-refractivity contribution < 1.29 is 32.6 Å². The van der Waals surface area contributed by atoms with E-state index in [-0.39, 0.29) is 52.2 Å². The normalized spacial score (nSPS) is 19.1. The largest absolute Gasteiger partial charge is 0.505 e. The van der Waals surface area contributed by atoms with Gasteiger partial charge in [-0.25, -0.2) is 4.98 Å². The molecule has 2 N–H and O–H groups in total. The molecule has 14 nitrogen and oxygen atoms in total. The Labute approximate surface area is 274 Å². The van der Waals surface area contributed by atoms with Gasteiger partial charge in [0, 0.05) is 36.0 Å². The summed E-state index contributed by atoms with van der Waals surface area (Å²) in [5.41, 5.74) is 0.376. The molecule has 3 aliphatic rings. The molecule has 0 radical (unpaired) electrons. The Hall–Kier alpha value is -4.77. The fraction of sp³-hybridized carbons (Fsp3) is 0.433. The number of aromatic hydroxyl groups is 1. The topological polar surface area (TPSA) is 162 Å². The number of alkyl halides is 3. The van der Waals surface area contributed by atoms with Crippen LogP contribution in [0.25, 0.3) is 11.4 Å². The number of carbonyl (C=O) groups is 2. The molecule has 18 heteroatoms. The molecule has 1 saturated heterocycles. The zero-order valence-corrected chi connectivity index (χ0v) is 26.3.